The molecule has 0 fully saturated rings. The Bertz CT molecular complexity index is 371. The maximum absolute atomic E-state index is 9.37. The van der Waals surface area contributed by atoms with Gasteiger partial charge in [0.15, 0.2) is 0 Å². The first-order valence-electron chi connectivity index (χ1n) is 4.89. The lowest BCUT2D eigenvalue weighted by atomic mass is 10.1. The van der Waals surface area contributed by atoms with Gasteiger partial charge in [0.25, 0.3) is 0 Å². The molecule has 4 N–H and O–H groups in total. The van der Waals surface area contributed by atoms with Crippen LogP contribution in [0.3, 0.4) is 0 Å². The molecule has 0 amide bonds. The van der Waals surface area contributed by atoms with E-state index in [2.05, 4.69) is 11.4 Å². The lowest BCUT2D eigenvalue weighted by Crippen LogP contribution is -2.18. The lowest BCUT2D eigenvalue weighted by molar-refractivity contribution is 0.183. The lowest BCUT2D eigenvalue weighted by Gasteiger charge is -2.11. The molecule has 0 radical (unpaired) electrons. The minimum absolute atomic E-state index is 0.394. The van der Waals surface area contributed by atoms with Crippen molar-refractivity contribution < 1.29 is 5.11 Å². The summed E-state index contributed by atoms with van der Waals surface area (Å²) in [7, 11) is 0. The number of aliphatic hydroxyl groups is 1. The van der Waals surface area contributed by atoms with E-state index in [1.807, 2.05) is 6.92 Å². The van der Waals surface area contributed by atoms with Gasteiger partial charge >= 0.3 is 0 Å². The number of hydrogen-bond acceptors (Lipinski definition) is 4. The van der Waals surface area contributed by atoms with Gasteiger partial charge in [-0.05, 0) is 24.6 Å². The predicted octanol–water partition coefficient (Wildman–Crippen LogP) is 1.32. The Balaban J connectivity index is 2.73. The fourth-order valence-electron chi connectivity index (χ4n) is 1.18. The molecule has 1 aromatic carbocycles. The van der Waals surface area contributed by atoms with Crippen molar-refractivity contribution in [1.29, 1.82) is 5.26 Å². The van der Waals surface area contributed by atoms with Gasteiger partial charge in [0, 0.05) is 12.2 Å². The Kier molecular flexibility index (Phi) is 3.95. The quantitative estimate of drug-likeness (QED) is 0.647. The molecule has 4 nitrogen and oxygen atoms in total. The first-order chi connectivity index (χ1) is 7.17. The number of anilines is 2. The van der Waals surface area contributed by atoms with Gasteiger partial charge in [-0.2, -0.15) is 5.26 Å². The van der Waals surface area contributed by atoms with Crippen molar-refractivity contribution in [3.63, 3.8) is 0 Å². The van der Waals surface area contributed by atoms with Crippen LogP contribution in [-0.2, 0) is 0 Å². The van der Waals surface area contributed by atoms with E-state index in [-0.39, 0.29) is 0 Å². The predicted molar refractivity (Wildman–Crippen MR) is 60.4 cm³/mol. The Labute approximate surface area is 89.3 Å². The molecule has 0 aliphatic carbocycles. The summed E-state index contributed by atoms with van der Waals surface area (Å²) in [5.74, 6) is 0. The van der Waals surface area contributed by atoms with Gasteiger partial charge in [0.2, 0.25) is 0 Å². The van der Waals surface area contributed by atoms with E-state index < -0.39 is 6.10 Å². The second kappa shape index (κ2) is 5.23. The van der Waals surface area contributed by atoms with Crippen molar-refractivity contribution >= 4 is 11.4 Å². The van der Waals surface area contributed by atoms with Gasteiger partial charge in [-0.1, -0.05) is 6.92 Å². The van der Waals surface area contributed by atoms with Gasteiger partial charge in [-0.3, -0.25) is 0 Å². The van der Waals surface area contributed by atoms with Gasteiger partial charge in [0.05, 0.1) is 17.4 Å². The zero-order valence-corrected chi connectivity index (χ0v) is 8.70. The maximum Gasteiger partial charge on any atom is 0.101 e. The standard InChI is InChI=1S/C11H15N3O/c1-2-10(15)7-14-11-4-3-9(13)5-8(11)6-12/h3-5,10,14-15H,2,7,13H2,1H3. The molecule has 4 heteroatoms. The molecule has 15 heavy (non-hydrogen) atoms. The fraction of sp³-hybridized carbons (Fsp3) is 0.364. The number of nitrogens with one attached hydrogen (secondary N) is 1. The zero-order valence-electron chi connectivity index (χ0n) is 8.70. The van der Waals surface area contributed by atoms with E-state index in [9.17, 15) is 5.11 Å². The fourth-order valence-corrected chi connectivity index (χ4v) is 1.18. The van der Waals surface area contributed by atoms with Crippen LogP contribution in [0.15, 0.2) is 18.2 Å². The summed E-state index contributed by atoms with van der Waals surface area (Å²) in [5, 5.41) is 21.2. The highest BCUT2D eigenvalue weighted by Crippen LogP contribution is 2.17. The molecule has 0 aromatic heterocycles. The monoisotopic (exact) mass is 205 g/mol. The molecule has 0 aliphatic rings. The Morgan fingerprint density at radius 1 is 1.60 bits per heavy atom. The van der Waals surface area contributed by atoms with E-state index in [0.29, 0.717) is 29.9 Å². The highest BCUT2D eigenvalue weighted by molar-refractivity contribution is 5.62. The van der Waals surface area contributed by atoms with Crippen molar-refractivity contribution in [2.75, 3.05) is 17.6 Å². The molecule has 80 valence electrons. The largest absolute Gasteiger partial charge is 0.399 e. The summed E-state index contributed by atoms with van der Waals surface area (Å²) < 4.78 is 0. The highest BCUT2D eigenvalue weighted by atomic mass is 16.3. The van der Waals surface area contributed by atoms with E-state index in [4.69, 9.17) is 11.0 Å². The average Bonchev–Trinajstić information content (AvgIpc) is 2.26. The summed E-state index contributed by atoms with van der Waals surface area (Å²) >= 11 is 0. The first kappa shape index (κ1) is 11.3. The normalized spacial score (nSPS) is 11.8. The van der Waals surface area contributed by atoms with Crippen LogP contribution in [0.25, 0.3) is 0 Å². The highest BCUT2D eigenvalue weighted by Gasteiger charge is 2.04. The van der Waals surface area contributed by atoms with Crippen LogP contribution < -0.4 is 11.1 Å². The van der Waals surface area contributed by atoms with Crippen molar-refractivity contribution in [1.82, 2.24) is 0 Å². The van der Waals surface area contributed by atoms with Crippen molar-refractivity contribution in [2.45, 2.75) is 19.4 Å². The zero-order chi connectivity index (χ0) is 11.3. The number of nitriles is 1. The molecular weight excluding hydrogens is 190 g/mol. The summed E-state index contributed by atoms with van der Waals surface area (Å²) in [6.45, 7) is 2.34. The Morgan fingerprint density at radius 3 is 2.93 bits per heavy atom. The third-order valence-corrected chi connectivity index (χ3v) is 2.16. The van der Waals surface area contributed by atoms with Crippen LogP contribution in [0, 0.1) is 11.3 Å². The smallest absolute Gasteiger partial charge is 0.101 e. The Hall–Kier alpha value is -1.73. The minimum atomic E-state index is -0.394. The van der Waals surface area contributed by atoms with Crippen LogP contribution in [-0.4, -0.2) is 17.8 Å². The summed E-state index contributed by atoms with van der Waals surface area (Å²) in [6.07, 6.45) is 0.290. The van der Waals surface area contributed by atoms with Crippen LogP contribution in [0.1, 0.15) is 18.9 Å². The van der Waals surface area contributed by atoms with Gasteiger partial charge < -0.3 is 16.2 Å². The summed E-state index contributed by atoms with van der Waals surface area (Å²) in [6, 6.07) is 7.14. The Morgan fingerprint density at radius 2 is 2.33 bits per heavy atom. The van der Waals surface area contributed by atoms with Gasteiger partial charge in [-0.15, -0.1) is 0 Å². The molecule has 0 aliphatic heterocycles. The topological polar surface area (TPSA) is 82.1 Å². The first-order valence-corrected chi connectivity index (χ1v) is 4.89. The van der Waals surface area contributed by atoms with Crippen molar-refractivity contribution in [2.24, 2.45) is 0 Å². The van der Waals surface area contributed by atoms with E-state index in [1.54, 1.807) is 18.2 Å². The molecule has 1 atom stereocenters. The number of nitrogens with zero attached hydrogens (tertiary/aromatic N) is 1. The third-order valence-electron chi connectivity index (χ3n) is 2.16. The summed E-state index contributed by atoms with van der Waals surface area (Å²) in [4.78, 5) is 0. The molecule has 0 bridgehead atoms. The molecule has 0 saturated heterocycles. The van der Waals surface area contributed by atoms with Crippen LogP contribution >= 0.6 is 0 Å². The second-order valence-corrected chi connectivity index (χ2v) is 3.36. The number of hydrogen-bond donors (Lipinski definition) is 3. The summed E-state index contributed by atoms with van der Waals surface area (Å²) in [5.41, 5.74) is 7.33. The number of rotatable bonds is 4. The number of aliphatic hydroxyl groups excluding tert-OH is 1. The number of nitrogens with two attached hydrogens (primary N) is 1. The van der Waals surface area contributed by atoms with Crippen molar-refractivity contribution in [3.8, 4) is 6.07 Å². The van der Waals surface area contributed by atoms with E-state index in [1.165, 1.54) is 0 Å². The van der Waals surface area contributed by atoms with Gasteiger partial charge in [-0.25, -0.2) is 0 Å². The SMILES string of the molecule is CCC(O)CNc1ccc(N)cc1C#N. The molecule has 0 saturated carbocycles. The van der Waals surface area contributed by atoms with Crippen LogP contribution in [0.4, 0.5) is 11.4 Å². The molecule has 0 heterocycles. The second-order valence-electron chi connectivity index (χ2n) is 3.36. The minimum Gasteiger partial charge on any atom is -0.399 e. The number of nitrogen functional groups attached to an aromatic ring is 1. The van der Waals surface area contributed by atoms with Crippen molar-refractivity contribution in [3.05, 3.63) is 23.8 Å². The number of benzene rings is 1. The van der Waals surface area contributed by atoms with E-state index in [0.717, 1.165) is 0 Å². The van der Waals surface area contributed by atoms with Gasteiger partial charge in [0.1, 0.15) is 6.07 Å². The maximum atomic E-state index is 9.37. The molecule has 1 unspecified atom stereocenters. The molecular formula is C11H15N3O. The third kappa shape index (κ3) is 3.15. The molecule has 0 spiro atoms. The average molecular weight is 205 g/mol. The van der Waals surface area contributed by atoms with Crippen LogP contribution in [0.2, 0.25) is 0 Å². The molecule has 1 aromatic rings. The van der Waals surface area contributed by atoms with Crippen LogP contribution in [0.5, 0.6) is 0 Å². The van der Waals surface area contributed by atoms with E-state index >= 15 is 0 Å². The molecule has 1 rings (SSSR count).